The summed E-state index contributed by atoms with van der Waals surface area (Å²) in [4.78, 5) is 12.0. The van der Waals surface area contributed by atoms with E-state index in [2.05, 4.69) is 22.3 Å². The largest absolute Gasteiger partial charge is 0.314 e. The first kappa shape index (κ1) is 16.5. The molecule has 128 valence electrons. The Morgan fingerprint density at radius 1 is 1.08 bits per heavy atom. The van der Waals surface area contributed by atoms with Crippen LogP contribution in [0.15, 0.2) is 48.5 Å². The molecule has 5 heteroatoms. The van der Waals surface area contributed by atoms with E-state index in [4.69, 9.17) is 21.6 Å². The number of nitrogens with zero attached hydrogens (tertiary/aromatic N) is 3. The molecule has 1 aromatic heterocycles. The van der Waals surface area contributed by atoms with Crippen LogP contribution >= 0.6 is 11.6 Å². The van der Waals surface area contributed by atoms with Crippen LogP contribution < -0.4 is 5.32 Å². The minimum absolute atomic E-state index is 0.245. The predicted octanol–water partition coefficient (Wildman–Crippen LogP) is 3.74. The molecule has 0 radical (unpaired) electrons. The van der Waals surface area contributed by atoms with Crippen LogP contribution in [0.25, 0.3) is 11.0 Å². The summed E-state index contributed by atoms with van der Waals surface area (Å²) < 4.78 is 0. The van der Waals surface area contributed by atoms with E-state index in [-0.39, 0.29) is 6.04 Å². The quantitative estimate of drug-likeness (QED) is 0.779. The van der Waals surface area contributed by atoms with Gasteiger partial charge in [-0.2, -0.15) is 0 Å². The Labute approximate surface area is 152 Å². The fraction of sp³-hybridized carbons (Fsp3) is 0.300. The SMILES string of the molecule is Cc1nc2ccccc2nc1CN1CCNCC1c1ccccc1Cl. The Morgan fingerprint density at radius 2 is 1.80 bits per heavy atom. The van der Waals surface area contributed by atoms with E-state index in [0.717, 1.165) is 53.6 Å². The van der Waals surface area contributed by atoms with E-state index in [0.29, 0.717) is 0 Å². The molecule has 0 saturated carbocycles. The van der Waals surface area contributed by atoms with Gasteiger partial charge in [0.25, 0.3) is 0 Å². The second-order valence-electron chi connectivity index (χ2n) is 6.46. The third-order valence-electron chi connectivity index (χ3n) is 4.81. The second-order valence-corrected chi connectivity index (χ2v) is 6.86. The van der Waals surface area contributed by atoms with Crippen LogP contribution in [0.1, 0.15) is 23.0 Å². The van der Waals surface area contributed by atoms with Crippen molar-refractivity contribution in [3.8, 4) is 0 Å². The van der Waals surface area contributed by atoms with E-state index < -0.39 is 0 Å². The first-order valence-electron chi connectivity index (χ1n) is 8.64. The standard InChI is InChI=1S/C20H21ClN4/c1-14-19(24-18-9-5-4-8-17(18)23-14)13-25-11-10-22-12-20(25)15-6-2-3-7-16(15)21/h2-9,20,22H,10-13H2,1H3. The first-order chi connectivity index (χ1) is 12.2. The van der Waals surface area contributed by atoms with Crippen LogP contribution in [0.4, 0.5) is 0 Å². The maximum atomic E-state index is 6.45. The summed E-state index contributed by atoms with van der Waals surface area (Å²) in [6.07, 6.45) is 0. The average molecular weight is 353 g/mol. The van der Waals surface area contributed by atoms with Gasteiger partial charge in [0, 0.05) is 37.2 Å². The highest BCUT2D eigenvalue weighted by atomic mass is 35.5. The number of aryl methyl sites for hydroxylation is 1. The summed E-state index contributed by atoms with van der Waals surface area (Å²) in [6, 6.07) is 16.4. The zero-order valence-corrected chi connectivity index (χ0v) is 15.0. The van der Waals surface area contributed by atoms with Gasteiger partial charge in [0.2, 0.25) is 0 Å². The summed E-state index contributed by atoms with van der Waals surface area (Å²) in [5, 5.41) is 4.31. The number of benzene rings is 2. The lowest BCUT2D eigenvalue weighted by Crippen LogP contribution is -2.45. The lowest BCUT2D eigenvalue weighted by atomic mass is 10.0. The molecule has 3 aromatic rings. The molecular weight excluding hydrogens is 332 g/mol. The number of hydrogen-bond acceptors (Lipinski definition) is 4. The normalized spacial score (nSPS) is 18.6. The molecule has 1 fully saturated rings. The van der Waals surface area contributed by atoms with Gasteiger partial charge >= 0.3 is 0 Å². The van der Waals surface area contributed by atoms with Gasteiger partial charge in [-0.1, -0.05) is 41.9 Å². The molecule has 0 bridgehead atoms. The Bertz CT molecular complexity index is 896. The number of nitrogens with one attached hydrogen (secondary N) is 1. The highest BCUT2D eigenvalue weighted by molar-refractivity contribution is 6.31. The van der Waals surface area contributed by atoms with Crippen molar-refractivity contribution < 1.29 is 0 Å². The predicted molar refractivity (Wildman–Crippen MR) is 102 cm³/mol. The molecule has 25 heavy (non-hydrogen) atoms. The Morgan fingerprint density at radius 3 is 2.60 bits per heavy atom. The second kappa shape index (κ2) is 7.08. The Hall–Kier alpha value is -2.01. The lowest BCUT2D eigenvalue weighted by Gasteiger charge is -2.36. The van der Waals surface area contributed by atoms with Crippen molar-refractivity contribution in [3.05, 3.63) is 70.5 Å². The van der Waals surface area contributed by atoms with Crippen molar-refractivity contribution in [2.24, 2.45) is 0 Å². The van der Waals surface area contributed by atoms with Crippen molar-refractivity contribution >= 4 is 22.6 Å². The molecule has 1 atom stereocenters. The third-order valence-corrected chi connectivity index (χ3v) is 5.16. The van der Waals surface area contributed by atoms with Crippen LogP contribution in [-0.2, 0) is 6.54 Å². The van der Waals surface area contributed by atoms with E-state index in [9.17, 15) is 0 Å². The molecule has 0 aliphatic carbocycles. The number of halogens is 1. The van der Waals surface area contributed by atoms with E-state index in [1.165, 1.54) is 5.56 Å². The van der Waals surface area contributed by atoms with Crippen molar-refractivity contribution in [1.82, 2.24) is 20.2 Å². The van der Waals surface area contributed by atoms with Crippen LogP contribution in [0.3, 0.4) is 0 Å². The summed E-state index contributed by atoms with van der Waals surface area (Å²) in [6.45, 7) is 5.65. The number of fused-ring (bicyclic) bond motifs is 1. The molecule has 0 spiro atoms. The van der Waals surface area contributed by atoms with Gasteiger partial charge in [-0.15, -0.1) is 0 Å². The van der Waals surface area contributed by atoms with Gasteiger partial charge in [-0.05, 0) is 30.7 Å². The molecule has 4 rings (SSSR count). The third kappa shape index (κ3) is 3.38. The fourth-order valence-electron chi connectivity index (χ4n) is 3.45. The average Bonchev–Trinajstić information content (AvgIpc) is 2.63. The lowest BCUT2D eigenvalue weighted by molar-refractivity contribution is 0.151. The van der Waals surface area contributed by atoms with Crippen LogP contribution in [0.5, 0.6) is 0 Å². The van der Waals surface area contributed by atoms with Gasteiger partial charge in [0.05, 0.1) is 22.4 Å². The maximum Gasteiger partial charge on any atom is 0.0890 e. The minimum Gasteiger partial charge on any atom is -0.314 e. The molecule has 2 heterocycles. The molecule has 1 N–H and O–H groups in total. The van der Waals surface area contributed by atoms with E-state index in [1.807, 2.05) is 43.3 Å². The molecular formula is C20H21ClN4. The summed E-state index contributed by atoms with van der Waals surface area (Å²) in [7, 11) is 0. The number of rotatable bonds is 3. The monoisotopic (exact) mass is 352 g/mol. The van der Waals surface area contributed by atoms with Gasteiger partial charge < -0.3 is 5.32 Å². The van der Waals surface area contributed by atoms with E-state index in [1.54, 1.807) is 0 Å². The highest BCUT2D eigenvalue weighted by Crippen LogP contribution is 2.29. The van der Waals surface area contributed by atoms with Crippen molar-refractivity contribution in [3.63, 3.8) is 0 Å². The number of piperazine rings is 1. The number of para-hydroxylation sites is 2. The molecule has 2 aromatic carbocycles. The summed E-state index contributed by atoms with van der Waals surface area (Å²) >= 11 is 6.45. The molecule has 1 saturated heterocycles. The molecule has 1 unspecified atom stereocenters. The summed E-state index contributed by atoms with van der Waals surface area (Å²) in [5.74, 6) is 0. The maximum absolute atomic E-state index is 6.45. The van der Waals surface area contributed by atoms with Crippen molar-refractivity contribution in [2.75, 3.05) is 19.6 Å². The fourth-order valence-corrected chi connectivity index (χ4v) is 3.72. The van der Waals surface area contributed by atoms with Crippen molar-refractivity contribution in [2.45, 2.75) is 19.5 Å². The molecule has 1 aliphatic heterocycles. The van der Waals surface area contributed by atoms with Gasteiger partial charge in [0.1, 0.15) is 0 Å². The van der Waals surface area contributed by atoms with Gasteiger partial charge in [0.15, 0.2) is 0 Å². The Kier molecular flexibility index (Phi) is 4.66. The van der Waals surface area contributed by atoms with Crippen molar-refractivity contribution in [1.29, 1.82) is 0 Å². The molecule has 1 aliphatic rings. The number of hydrogen-bond donors (Lipinski definition) is 1. The minimum atomic E-state index is 0.245. The topological polar surface area (TPSA) is 41.1 Å². The van der Waals surface area contributed by atoms with E-state index >= 15 is 0 Å². The van der Waals surface area contributed by atoms with Gasteiger partial charge in [-0.25, -0.2) is 9.97 Å². The summed E-state index contributed by atoms with van der Waals surface area (Å²) in [5.41, 5.74) is 5.11. The zero-order valence-electron chi connectivity index (χ0n) is 14.2. The molecule has 0 amide bonds. The Balaban J connectivity index is 1.66. The van der Waals surface area contributed by atoms with Gasteiger partial charge in [-0.3, -0.25) is 4.90 Å². The first-order valence-corrected chi connectivity index (χ1v) is 9.01. The van der Waals surface area contributed by atoms with Crippen LogP contribution in [-0.4, -0.2) is 34.5 Å². The number of aromatic nitrogens is 2. The zero-order chi connectivity index (χ0) is 17.2. The van der Waals surface area contributed by atoms with Crippen LogP contribution in [0.2, 0.25) is 5.02 Å². The van der Waals surface area contributed by atoms with Crippen LogP contribution in [0, 0.1) is 6.92 Å². The smallest absolute Gasteiger partial charge is 0.0890 e. The highest BCUT2D eigenvalue weighted by Gasteiger charge is 2.26. The molecule has 4 nitrogen and oxygen atoms in total.